The van der Waals surface area contributed by atoms with E-state index in [1.54, 1.807) is 36.4 Å². The van der Waals surface area contributed by atoms with Crippen molar-refractivity contribution >= 4 is 56.5 Å². The molecule has 2 aromatic rings. The number of nitrogens with one attached hydrogen (secondary N) is 1. The predicted molar refractivity (Wildman–Crippen MR) is 138 cm³/mol. The van der Waals surface area contributed by atoms with Crippen LogP contribution in [0.4, 0.5) is 10.5 Å². The number of carbonyl (C=O) groups is 3. The van der Waals surface area contributed by atoms with Crippen molar-refractivity contribution in [3.05, 3.63) is 69.6 Å². The van der Waals surface area contributed by atoms with Crippen molar-refractivity contribution in [2.24, 2.45) is 0 Å². The highest BCUT2D eigenvalue weighted by atomic mass is 79.9. The van der Waals surface area contributed by atoms with Crippen LogP contribution in [-0.2, 0) is 16.0 Å². The first-order valence-electron chi connectivity index (χ1n) is 10.7. The molecule has 3 rings (SSSR count). The normalized spacial score (nSPS) is 14.4. The van der Waals surface area contributed by atoms with Crippen molar-refractivity contribution in [2.75, 3.05) is 25.1 Å². The molecular weight excluding hydrogens is 520 g/mol. The van der Waals surface area contributed by atoms with Gasteiger partial charge in [-0.2, -0.15) is 0 Å². The van der Waals surface area contributed by atoms with E-state index in [9.17, 15) is 14.4 Å². The van der Waals surface area contributed by atoms with E-state index in [0.717, 1.165) is 22.2 Å². The monoisotopic (exact) mass is 544 g/mol. The van der Waals surface area contributed by atoms with Crippen LogP contribution < -0.4 is 14.8 Å². The van der Waals surface area contributed by atoms with Crippen molar-refractivity contribution in [3.8, 4) is 11.5 Å². The number of anilines is 1. The quantitative estimate of drug-likeness (QED) is 0.307. The van der Waals surface area contributed by atoms with Crippen LogP contribution >= 0.6 is 27.7 Å². The lowest BCUT2D eigenvalue weighted by Crippen LogP contribution is -2.36. The SMILES string of the molecule is C=CCc1cc(/C=C2/SC(=O)N(CC(=O)Nc3ccccc3Br)C2=O)cc(OCC)c1OCC. The number of carbonyl (C=O) groups excluding carboxylic acids is 3. The van der Waals surface area contributed by atoms with Gasteiger partial charge in [0.25, 0.3) is 11.1 Å². The van der Waals surface area contributed by atoms with Crippen molar-refractivity contribution in [2.45, 2.75) is 20.3 Å². The van der Waals surface area contributed by atoms with E-state index in [2.05, 4.69) is 27.8 Å². The van der Waals surface area contributed by atoms with Crippen molar-refractivity contribution in [3.63, 3.8) is 0 Å². The van der Waals surface area contributed by atoms with E-state index in [4.69, 9.17) is 9.47 Å². The van der Waals surface area contributed by atoms with Crippen LogP contribution in [0.15, 0.2) is 58.4 Å². The molecule has 0 aromatic heterocycles. The summed E-state index contributed by atoms with van der Waals surface area (Å²) < 4.78 is 12.2. The van der Waals surface area contributed by atoms with Gasteiger partial charge in [-0.3, -0.25) is 19.3 Å². The highest BCUT2D eigenvalue weighted by molar-refractivity contribution is 9.10. The van der Waals surface area contributed by atoms with E-state index >= 15 is 0 Å². The molecule has 178 valence electrons. The van der Waals surface area contributed by atoms with Gasteiger partial charge in [-0.05, 0) is 83.9 Å². The maximum absolute atomic E-state index is 12.9. The summed E-state index contributed by atoms with van der Waals surface area (Å²) in [5.41, 5.74) is 2.11. The minimum atomic E-state index is -0.519. The number of para-hydroxylation sites is 1. The fraction of sp³-hybridized carbons (Fsp3) is 0.240. The highest BCUT2D eigenvalue weighted by Gasteiger charge is 2.36. The van der Waals surface area contributed by atoms with Crippen LogP contribution in [0.5, 0.6) is 11.5 Å². The summed E-state index contributed by atoms with van der Waals surface area (Å²) in [6.45, 7) is 8.11. The Kier molecular flexibility index (Phi) is 8.95. The molecule has 1 heterocycles. The number of hydrogen-bond acceptors (Lipinski definition) is 6. The Balaban J connectivity index is 1.83. The average molecular weight is 545 g/mol. The number of thioether (sulfide) groups is 1. The van der Waals surface area contributed by atoms with Gasteiger partial charge >= 0.3 is 0 Å². The molecule has 0 bridgehead atoms. The minimum Gasteiger partial charge on any atom is -0.490 e. The molecule has 0 atom stereocenters. The summed E-state index contributed by atoms with van der Waals surface area (Å²) in [5, 5.41) is 2.20. The average Bonchev–Trinajstić information content (AvgIpc) is 3.05. The Labute approximate surface area is 211 Å². The van der Waals surface area contributed by atoms with Crippen LogP contribution in [-0.4, -0.2) is 41.7 Å². The second-order valence-corrected chi connectivity index (χ2v) is 9.01. The first kappa shape index (κ1) is 25.6. The largest absolute Gasteiger partial charge is 0.490 e. The molecule has 1 N–H and O–H groups in total. The summed E-state index contributed by atoms with van der Waals surface area (Å²) in [6, 6.07) is 10.7. The van der Waals surface area contributed by atoms with Gasteiger partial charge in [-0.1, -0.05) is 18.2 Å². The zero-order valence-electron chi connectivity index (χ0n) is 18.9. The molecule has 1 aliphatic rings. The summed E-state index contributed by atoms with van der Waals surface area (Å²) in [7, 11) is 0. The zero-order chi connectivity index (χ0) is 24.7. The second-order valence-electron chi connectivity index (χ2n) is 7.16. The number of halogens is 1. The maximum Gasteiger partial charge on any atom is 0.294 e. The summed E-state index contributed by atoms with van der Waals surface area (Å²) in [5.74, 6) is 0.207. The van der Waals surface area contributed by atoms with Crippen molar-refractivity contribution in [1.29, 1.82) is 0 Å². The van der Waals surface area contributed by atoms with Gasteiger partial charge in [0.1, 0.15) is 6.54 Å². The Bertz CT molecular complexity index is 1150. The van der Waals surface area contributed by atoms with Gasteiger partial charge in [0, 0.05) is 10.0 Å². The lowest BCUT2D eigenvalue weighted by molar-refractivity contribution is -0.127. The van der Waals surface area contributed by atoms with Crippen molar-refractivity contribution in [1.82, 2.24) is 4.90 Å². The number of amides is 3. The number of imide groups is 1. The lowest BCUT2D eigenvalue weighted by atomic mass is 10.0. The van der Waals surface area contributed by atoms with E-state index in [1.165, 1.54) is 0 Å². The Morgan fingerprint density at radius 2 is 1.91 bits per heavy atom. The molecule has 34 heavy (non-hydrogen) atoms. The fourth-order valence-corrected chi connectivity index (χ4v) is 4.55. The number of hydrogen-bond donors (Lipinski definition) is 1. The van der Waals surface area contributed by atoms with E-state index < -0.39 is 17.1 Å². The fourth-order valence-electron chi connectivity index (χ4n) is 3.33. The summed E-state index contributed by atoms with van der Waals surface area (Å²) in [4.78, 5) is 39.0. The van der Waals surface area contributed by atoms with Crippen LogP contribution in [0.3, 0.4) is 0 Å². The zero-order valence-corrected chi connectivity index (χ0v) is 21.3. The van der Waals surface area contributed by atoms with Gasteiger partial charge in [0.05, 0.1) is 23.8 Å². The Morgan fingerprint density at radius 3 is 2.59 bits per heavy atom. The van der Waals surface area contributed by atoms with E-state index in [0.29, 0.717) is 46.9 Å². The number of rotatable bonds is 10. The molecule has 0 saturated carbocycles. The molecule has 1 aliphatic heterocycles. The highest BCUT2D eigenvalue weighted by Crippen LogP contribution is 2.37. The third-order valence-corrected chi connectivity index (χ3v) is 6.33. The van der Waals surface area contributed by atoms with Gasteiger partial charge in [-0.25, -0.2) is 0 Å². The molecule has 0 aliphatic carbocycles. The topological polar surface area (TPSA) is 84.9 Å². The number of ether oxygens (including phenoxy) is 2. The van der Waals surface area contributed by atoms with E-state index in [1.807, 2.05) is 26.0 Å². The maximum atomic E-state index is 12.9. The molecule has 7 nitrogen and oxygen atoms in total. The van der Waals surface area contributed by atoms with Gasteiger partial charge in [0.2, 0.25) is 5.91 Å². The van der Waals surface area contributed by atoms with Crippen LogP contribution in [0.2, 0.25) is 0 Å². The third-order valence-electron chi connectivity index (χ3n) is 4.73. The first-order chi connectivity index (χ1) is 16.4. The van der Waals surface area contributed by atoms with Gasteiger partial charge in [-0.15, -0.1) is 6.58 Å². The second kappa shape index (κ2) is 11.9. The number of benzene rings is 2. The molecule has 1 saturated heterocycles. The minimum absolute atomic E-state index is 0.231. The number of allylic oxidation sites excluding steroid dienone is 1. The first-order valence-corrected chi connectivity index (χ1v) is 12.3. The molecule has 1 fully saturated rings. The van der Waals surface area contributed by atoms with Crippen LogP contribution in [0.1, 0.15) is 25.0 Å². The predicted octanol–water partition coefficient (Wildman–Crippen LogP) is 5.65. The molecule has 0 spiro atoms. The molecule has 9 heteroatoms. The molecule has 0 unspecified atom stereocenters. The molecule has 2 aromatic carbocycles. The van der Waals surface area contributed by atoms with Crippen molar-refractivity contribution < 1.29 is 23.9 Å². The van der Waals surface area contributed by atoms with Gasteiger partial charge < -0.3 is 14.8 Å². The Hall–Kier alpha value is -3.04. The van der Waals surface area contributed by atoms with Crippen LogP contribution in [0.25, 0.3) is 6.08 Å². The smallest absolute Gasteiger partial charge is 0.294 e. The molecular formula is C25H25BrN2O5S. The standard InChI is InChI=1S/C25H25BrN2O5S/c1-4-9-17-12-16(13-20(32-5-2)23(17)33-6-3)14-21-24(30)28(25(31)34-21)15-22(29)27-19-11-8-7-10-18(19)26/h4,7-8,10-14H,1,5-6,9,15H2,2-3H3,(H,27,29)/b21-14+. The van der Waals surface area contributed by atoms with E-state index in [-0.39, 0.29) is 11.4 Å². The lowest BCUT2D eigenvalue weighted by Gasteiger charge is -2.16. The van der Waals surface area contributed by atoms with Gasteiger partial charge in [0.15, 0.2) is 11.5 Å². The van der Waals surface area contributed by atoms with Crippen LogP contribution in [0, 0.1) is 0 Å². The summed E-state index contributed by atoms with van der Waals surface area (Å²) in [6.07, 6.45) is 3.93. The molecule has 0 radical (unpaired) electrons. The summed E-state index contributed by atoms with van der Waals surface area (Å²) >= 11 is 4.15. The third kappa shape index (κ3) is 6.09. The number of nitrogens with zero attached hydrogens (tertiary/aromatic N) is 1. The molecule has 3 amide bonds. The Morgan fingerprint density at radius 1 is 1.18 bits per heavy atom.